The van der Waals surface area contributed by atoms with Gasteiger partial charge in [-0.3, -0.25) is 4.79 Å². The average molecular weight is 411 g/mol. The molecule has 4 rings (SSSR count). The number of pyridine rings is 1. The average Bonchev–Trinajstić information content (AvgIpc) is 3.18. The van der Waals surface area contributed by atoms with Gasteiger partial charge >= 0.3 is 0 Å². The fraction of sp³-hybridized carbons (Fsp3) is 0.375. The number of H-pyrrole nitrogens is 1. The van der Waals surface area contributed by atoms with E-state index in [1.54, 1.807) is 6.07 Å². The van der Waals surface area contributed by atoms with Crippen LogP contribution in [0.15, 0.2) is 53.3 Å². The maximum atomic E-state index is 14.5. The Labute approximate surface area is 174 Å². The van der Waals surface area contributed by atoms with Crippen LogP contribution < -0.4 is 10.3 Å². The van der Waals surface area contributed by atoms with Gasteiger partial charge in [0.25, 0.3) is 0 Å². The fourth-order valence-corrected chi connectivity index (χ4v) is 3.88. The van der Waals surface area contributed by atoms with Crippen molar-refractivity contribution in [3.63, 3.8) is 0 Å². The summed E-state index contributed by atoms with van der Waals surface area (Å²) in [6.07, 6.45) is 0.827. The van der Waals surface area contributed by atoms with Crippen molar-refractivity contribution in [2.24, 2.45) is 0 Å². The molecule has 1 aliphatic heterocycles. The lowest BCUT2D eigenvalue weighted by Gasteiger charge is -2.27. The maximum absolute atomic E-state index is 14.5. The Kier molecular flexibility index (Phi) is 5.62. The van der Waals surface area contributed by atoms with Crippen LogP contribution in [0.1, 0.15) is 50.8 Å². The van der Waals surface area contributed by atoms with Crippen LogP contribution in [0.5, 0.6) is 5.75 Å². The molecule has 3 atom stereocenters. The second-order valence-electron chi connectivity index (χ2n) is 7.72. The van der Waals surface area contributed by atoms with Crippen molar-refractivity contribution >= 4 is 10.9 Å². The molecule has 6 heteroatoms. The fourth-order valence-electron chi connectivity index (χ4n) is 3.88. The Bertz CT molecular complexity index is 1110. The molecular weight excluding hydrogens is 385 g/mol. The van der Waals surface area contributed by atoms with Crippen molar-refractivity contribution in [1.82, 2.24) is 4.98 Å². The maximum Gasteiger partial charge on any atom is 0.248 e. The molecule has 158 valence electrons. The molecule has 1 N–H and O–H groups in total. The van der Waals surface area contributed by atoms with Crippen LogP contribution in [-0.2, 0) is 15.1 Å². The van der Waals surface area contributed by atoms with E-state index in [0.717, 1.165) is 28.5 Å². The van der Waals surface area contributed by atoms with E-state index in [2.05, 4.69) is 4.98 Å². The van der Waals surface area contributed by atoms with Crippen LogP contribution in [0.25, 0.3) is 10.9 Å². The quantitative estimate of drug-likeness (QED) is 0.606. The van der Waals surface area contributed by atoms with Gasteiger partial charge in [-0.2, -0.15) is 0 Å². The zero-order chi connectivity index (χ0) is 21.3. The van der Waals surface area contributed by atoms with Crippen molar-refractivity contribution < 1.29 is 18.6 Å². The first-order valence-corrected chi connectivity index (χ1v) is 10.3. The third kappa shape index (κ3) is 3.98. The summed E-state index contributed by atoms with van der Waals surface area (Å²) in [5.74, 6) is 0.0672. The minimum Gasteiger partial charge on any atom is -0.486 e. The van der Waals surface area contributed by atoms with E-state index in [-0.39, 0.29) is 23.8 Å². The first kappa shape index (κ1) is 20.6. The van der Waals surface area contributed by atoms with Gasteiger partial charge in [-0.1, -0.05) is 19.9 Å². The molecule has 3 aromatic rings. The third-order valence-electron chi connectivity index (χ3n) is 5.69. The lowest BCUT2D eigenvalue weighted by molar-refractivity contribution is -0.0943. The standard InChI is InChI=1S/C24H26FNO4/c1-4-23-28-14-24(5-2,30-23)18-11-19(25)13-20(12-18)29-15(3)16-6-8-21-17(10-16)7-9-22(27)26-21/h6-13,15,23H,4-5,14H2,1-3H3,(H,26,27). The van der Waals surface area contributed by atoms with Gasteiger partial charge in [0.2, 0.25) is 5.56 Å². The number of nitrogens with one attached hydrogen (secondary N) is 1. The first-order valence-electron chi connectivity index (χ1n) is 10.3. The predicted molar refractivity (Wildman–Crippen MR) is 113 cm³/mol. The first-order chi connectivity index (χ1) is 14.4. The summed E-state index contributed by atoms with van der Waals surface area (Å²) >= 11 is 0. The zero-order valence-corrected chi connectivity index (χ0v) is 17.4. The summed E-state index contributed by atoms with van der Waals surface area (Å²) in [4.78, 5) is 14.3. The number of rotatable bonds is 6. The molecule has 3 unspecified atom stereocenters. The molecule has 30 heavy (non-hydrogen) atoms. The number of hydrogen-bond acceptors (Lipinski definition) is 4. The van der Waals surface area contributed by atoms with E-state index in [1.165, 1.54) is 18.2 Å². The molecule has 2 heterocycles. The minimum atomic E-state index is -0.668. The van der Waals surface area contributed by atoms with E-state index in [4.69, 9.17) is 14.2 Å². The van der Waals surface area contributed by atoms with Crippen LogP contribution in [-0.4, -0.2) is 17.9 Å². The van der Waals surface area contributed by atoms with Gasteiger partial charge < -0.3 is 19.2 Å². The van der Waals surface area contributed by atoms with Crippen LogP contribution in [0, 0.1) is 5.82 Å². The largest absolute Gasteiger partial charge is 0.486 e. The molecule has 0 radical (unpaired) electrons. The summed E-state index contributed by atoms with van der Waals surface area (Å²) in [7, 11) is 0. The predicted octanol–water partition coefficient (Wildman–Crippen LogP) is 5.20. The van der Waals surface area contributed by atoms with Gasteiger partial charge in [0.1, 0.15) is 23.3 Å². The van der Waals surface area contributed by atoms with Gasteiger partial charge in [0, 0.05) is 17.6 Å². The van der Waals surface area contributed by atoms with E-state index in [1.807, 2.05) is 45.0 Å². The highest BCUT2D eigenvalue weighted by Gasteiger charge is 2.41. The zero-order valence-electron chi connectivity index (χ0n) is 17.4. The molecule has 0 bridgehead atoms. The number of fused-ring (bicyclic) bond motifs is 1. The molecular formula is C24H26FNO4. The van der Waals surface area contributed by atoms with Crippen molar-refractivity contribution in [2.75, 3.05) is 6.61 Å². The molecule has 5 nitrogen and oxygen atoms in total. The number of ether oxygens (including phenoxy) is 3. The highest BCUT2D eigenvalue weighted by atomic mass is 19.1. The van der Waals surface area contributed by atoms with Crippen LogP contribution in [0.3, 0.4) is 0 Å². The van der Waals surface area contributed by atoms with Gasteiger partial charge in [0.05, 0.1) is 6.61 Å². The third-order valence-corrected chi connectivity index (χ3v) is 5.69. The van der Waals surface area contributed by atoms with Crippen molar-refractivity contribution in [1.29, 1.82) is 0 Å². The molecule has 0 spiro atoms. The lowest BCUT2D eigenvalue weighted by atomic mass is 9.91. The van der Waals surface area contributed by atoms with E-state index < -0.39 is 5.60 Å². The summed E-state index contributed by atoms with van der Waals surface area (Å²) in [5.41, 5.74) is 1.61. The van der Waals surface area contributed by atoms with E-state index in [9.17, 15) is 9.18 Å². The SMILES string of the molecule is CCC1OCC(CC)(c2cc(F)cc(OC(C)c3ccc4[nH]c(=O)ccc4c3)c2)O1. The van der Waals surface area contributed by atoms with E-state index in [0.29, 0.717) is 18.8 Å². The summed E-state index contributed by atoms with van der Waals surface area (Å²) in [6.45, 7) is 6.31. The van der Waals surface area contributed by atoms with Gasteiger partial charge in [-0.05, 0) is 66.6 Å². The number of hydrogen-bond donors (Lipinski definition) is 1. The second kappa shape index (κ2) is 8.20. The topological polar surface area (TPSA) is 60.5 Å². The van der Waals surface area contributed by atoms with Crippen LogP contribution in [0.2, 0.25) is 0 Å². The number of halogens is 1. The summed E-state index contributed by atoms with van der Waals surface area (Å²) < 4.78 is 32.4. The summed E-state index contributed by atoms with van der Waals surface area (Å²) in [6, 6.07) is 13.7. The van der Waals surface area contributed by atoms with Crippen LogP contribution in [0.4, 0.5) is 4.39 Å². The van der Waals surface area contributed by atoms with E-state index >= 15 is 0 Å². The lowest BCUT2D eigenvalue weighted by Crippen LogP contribution is -2.28. The normalized spacial score (nSPS) is 22.3. The number of aromatic amines is 1. The Hall–Kier alpha value is -2.70. The molecule has 2 aromatic carbocycles. The Morgan fingerprint density at radius 3 is 2.77 bits per heavy atom. The minimum absolute atomic E-state index is 0.139. The molecule has 1 saturated heterocycles. The molecule has 1 aromatic heterocycles. The van der Waals surface area contributed by atoms with Crippen molar-refractivity contribution in [3.05, 3.63) is 75.8 Å². The second-order valence-corrected chi connectivity index (χ2v) is 7.72. The molecule has 0 saturated carbocycles. The van der Waals surface area contributed by atoms with Crippen molar-refractivity contribution in [3.8, 4) is 5.75 Å². The highest BCUT2D eigenvalue weighted by Crippen LogP contribution is 2.39. The van der Waals surface area contributed by atoms with Gasteiger partial charge in [0.15, 0.2) is 6.29 Å². The van der Waals surface area contributed by atoms with Gasteiger partial charge in [-0.25, -0.2) is 4.39 Å². The van der Waals surface area contributed by atoms with Crippen molar-refractivity contribution in [2.45, 2.75) is 51.6 Å². The number of benzene rings is 2. The Morgan fingerprint density at radius 2 is 2.03 bits per heavy atom. The summed E-state index contributed by atoms with van der Waals surface area (Å²) in [5, 5.41) is 0.912. The molecule has 1 fully saturated rings. The smallest absolute Gasteiger partial charge is 0.248 e. The monoisotopic (exact) mass is 411 g/mol. The highest BCUT2D eigenvalue weighted by molar-refractivity contribution is 5.79. The molecule has 0 amide bonds. The molecule has 0 aliphatic carbocycles. The molecule has 1 aliphatic rings. The Morgan fingerprint density at radius 1 is 1.20 bits per heavy atom. The van der Waals surface area contributed by atoms with Gasteiger partial charge in [-0.15, -0.1) is 0 Å². The van der Waals surface area contributed by atoms with Crippen LogP contribution >= 0.6 is 0 Å². The number of aromatic nitrogens is 1. The Balaban J connectivity index is 1.60.